The molecule has 0 bridgehead atoms. The number of hydrogen-bond acceptors (Lipinski definition) is 2. The average molecular weight is 237 g/mol. The highest BCUT2D eigenvalue weighted by Crippen LogP contribution is 2.32. The lowest BCUT2D eigenvalue weighted by Crippen LogP contribution is -2.09. The van der Waals surface area contributed by atoms with Gasteiger partial charge in [-0.1, -0.05) is 37.0 Å². The van der Waals surface area contributed by atoms with Gasteiger partial charge in [0.05, 0.1) is 4.34 Å². The first-order valence-electron chi connectivity index (χ1n) is 4.05. The van der Waals surface area contributed by atoms with E-state index >= 15 is 0 Å². The monoisotopic (exact) mass is 236 g/mol. The maximum atomic E-state index is 11.7. The lowest BCUT2D eigenvalue weighted by atomic mass is 9.99. The van der Waals surface area contributed by atoms with Crippen LogP contribution in [0.4, 0.5) is 0 Å². The van der Waals surface area contributed by atoms with Crippen molar-refractivity contribution in [3.05, 3.63) is 20.3 Å². The fourth-order valence-electron chi connectivity index (χ4n) is 0.959. The Morgan fingerprint density at radius 1 is 1.62 bits per heavy atom. The number of thiophene rings is 1. The van der Waals surface area contributed by atoms with Gasteiger partial charge in [-0.2, -0.15) is 0 Å². The molecule has 13 heavy (non-hydrogen) atoms. The molecule has 0 saturated carbocycles. The normalized spacial score (nSPS) is 12.9. The molecule has 4 heteroatoms. The van der Waals surface area contributed by atoms with Crippen LogP contribution in [0.3, 0.4) is 0 Å². The molecule has 0 spiro atoms. The largest absolute Gasteiger partial charge is 0.294 e. The van der Waals surface area contributed by atoms with Crippen LogP contribution in [0.25, 0.3) is 0 Å². The van der Waals surface area contributed by atoms with Crippen LogP contribution in [0.15, 0.2) is 6.07 Å². The molecule has 0 aromatic carbocycles. The van der Waals surface area contributed by atoms with Gasteiger partial charge in [0, 0.05) is 11.5 Å². The quantitative estimate of drug-likeness (QED) is 0.717. The van der Waals surface area contributed by atoms with Crippen molar-refractivity contribution in [2.24, 2.45) is 5.92 Å². The molecule has 1 nitrogen and oxygen atoms in total. The minimum Gasteiger partial charge on any atom is -0.294 e. The Morgan fingerprint density at radius 2 is 2.23 bits per heavy atom. The molecule has 0 N–H and O–H groups in total. The van der Waals surface area contributed by atoms with E-state index < -0.39 is 0 Å². The third-order valence-electron chi connectivity index (χ3n) is 1.98. The van der Waals surface area contributed by atoms with Gasteiger partial charge in [-0.3, -0.25) is 4.79 Å². The van der Waals surface area contributed by atoms with E-state index in [0.29, 0.717) is 14.2 Å². The predicted octanol–water partition coefficient (Wildman–Crippen LogP) is 4.28. The molecule has 0 fully saturated rings. The van der Waals surface area contributed by atoms with E-state index in [4.69, 9.17) is 23.2 Å². The van der Waals surface area contributed by atoms with Crippen LogP contribution in [0.1, 0.15) is 30.6 Å². The van der Waals surface area contributed by atoms with Crippen LogP contribution < -0.4 is 0 Å². The van der Waals surface area contributed by atoms with Gasteiger partial charge in [-0.05, 0) is 12.5 Å². The predicted molar refractivity (Wildman–Crippen MR) is 58.1 cm³/mol. The summed E-state index contributed by atoms with van der Waals surface area (Å²) in [5.41, 5.74) is 0.561. The van der Waals surface area contributed by atoms with Crippen LogP contribution in [-0.2, 0) is 0 Å². The van der Waals surface area contributed by atoms with Crippen molar-refractivity contribution in [3.8, 4) is 0 Å². The zero-order chi connectivity index (χ0) is 10.0. The van der Waals surface area contributed by atoms with E-state index in [1.807, 2.05) is 13.8 Å². The fraction of sp³-hybridized carbons (Fsp3) is 0.444. The summed E-state index contributed by atoms with van der Waals surface area (Å²) in [6, 6.07) is 1.64. The maximum absolute atomic E-state index is 11.7. The van der Waals surface area contributed by atoms with E-state index in [2.05, 4.69) is 0 Å². The number of carbonyl (C=O) groups is 1. The van der Waals surface area contributed by atoms with Crippen LogP contribution in [-0.4, -0.2) is 5.78 Å². The first-order valence-corrected chi connectivity index (χ1v) is 5.62. The SMILES string of the molecule is CCC(C)C(=O)c1cc(Cl)sc1Cl. The van der Waals surface area contributed by atoms with Gasteiger partial charge in [0.1, 0.15) is 4.34 Å². The third kappa shape index (κ3) is 2.46. The molecule has 72 valence electrons. The maximum Gasteiger partial charge on any atom is 0.168 e. The Bertz CT molecular complexity index is 319. The first kappa shape index (κ1) is 11.0. The van der Waals surface area contributed by atoms with Crippen molar-refractivity contribution in [1.82, 2.24) is 0 Å². The molecular formula is C9H10Cl2OS. The van der Waals surface area contributed by atoms with Gasteiger partial charge >= 0.3 is 0 Å². The summed E-state index contributed by atoms with van der Waals surface area (Å²) in [6.07, 6.45) is 0.822. The van der Waals surface area contributed by atoms with Crippen LogP contribution in [0, 0.1) is 5.92 Å². The molecule has 0 aliphatic carbocycles. The molecule has 1 unspecified atom stereocenters. The zero-order valence-electron chi connectivity index (χ0n) is 7.43. The molecule has 0 saturated heterocycles. The van der Waals surface area contributed by atoms with E-state index in [-0.39, 0.29) is 11.7 Å². The summed E-state index contributed by atoms with van der Waals surface area (Å²) in [4.78, 5) is 11.7. The van der Waals surface area contributed by atoms with Crippen LogP contribution in [0.2, 0.25) is 8.67 Å². The highest BCUT2D eigenvalue weighted by molar-refractivity contribution is 7.20. The van der Waals surface area contributed by atoms with Crippen molar-refractivity contribution in [3.63, 3.8) is 0 Å². The minimum absolute atomic E-state index is 0.0168. The number of ketones is 1. The van der Waals surface area contributed by atoms with E-state index in [0.717, 1.165) is 6.42 Å². The molecule has 1 heterocycles. The summed E-state index contributed by atoms with van der Waals surface area (Å²) >= 11 is 12.8. The smallest absolute Gasteiger partial charge is 0.168 e. The number of halogens is 2. The Hall–Kier alpha value is -0.0500. The van der Waals surface area contributed by atoms with E-state index in [1.165, 1.54) is 11.3 Å². The first-order chi connectivity index (χ1) is 6.06. The lowest BCUT2D eigenvalue weighted by molar-refractivity contribution is 0.0928. The second kappa shape index (κ2) is 4.45. The Morgan fingerprint density at radius 3 is 2.62 bits per heavy atom. The molecule has 1 aromatic heterocycles. The molecule has 1 rings (SSSR count). The number of carbonyl (C=O) groups excluding carboxylic acids is 1. The van der Waals surface area contributed by atoms with Gasteiger partial charge in [-0.25, -0.2) is 0 Å². The molecule has 0 aliphatic rings. The number of Topliss-reactive ketones (excluding diaryl/α,β-unsaturated/α-hetero) is 1. The standard InChI is InChI=1S/C9H10Cl2OS/c1-3-5(2)8(12)6-4-7(10)13-9(6)11/h4-5H,3H2,1-2H3. The molecule has 1 atom stereocenters. The van der Waals surface area contributed by atoms with Gasteiger partial charge in [-0.15, -0.1) is 11.3 Å². The number of rotatable bonds is 3. The second-order valence-corrected chi connectivity index (χ2v) is 5.20. The Kier molecular flexibility index (Phi) is 3.77. The highest BCUT2D eigenvalue weighted by atomic mass is 35.5. The van der Waals surface area contributed by atoms with Crippen molar-refractivity contribution in [2.75, 3.05) is 0 Å². The van der Waals surface area contributed by atoms with Gasteiger partial charge in [0.2, 0.25) is 0 Å². The highest BCUT2D eigenvalue weighted by Gasteiger charge is 2.18. The Labute approximate surface area is 91.7 Å². The minimum atomic E-state index is 0.0168. The average Bonchev–Trinajstić information content (AvgIpc) is 2.42. The van der Waals surface area contributed by atoms with Crippen molar-refractivity contribution >= 4 is 40.3 Å². The number of hydrogen-bond donors (Lipinski definition) is 0. The molecular weight excluding hydrogens is 227 g/mol. The fourth-order valence-corrected chi connectivity index (χ4v) is 2.43. The van der Waals surface area contributed by atoms with Crippen molar-refractivity contribution in [2.45, 2.75) is 20.3 Å². The second-order valence-electron chi connectivity index (χ2n) is 2.91. The van der Waals surface area contributed by atoms with Gasteiger partial charge in [0.15, 0.2) is 5.78 Å². The zero-order valence-corrected chi connectivity index (χ0v) is 9.76. The molecule has 0 amide bonds. The summed E-state index contributed by atoms with van der Waals surface area (Å²) in [5.74, 6) is 0.0961. The third-order valence-corrected chi connectivity index (χ3v) is 3.47. The van der Waals surface area contributed by atoms with Gasteiger partial charge in [0.25, 0.3) is 0 Å². The van der Waals surface area contributed by atoms with Crippen molar-refractivity contribution < 1.29 is 4.79 Å². The lowest BCUT2D eigenvalue weighted by Gasteiger charge is -2.04. The molecule has 0 radical (unpaired) electrons. The Balaban J connectivity index is 2.94. The van der Waals surface area contributed by atoms with Crippen LogP contribution >= 0.6 is 34.5 Å². The van der Waals surface area contributed by atoms with Crippen LogP contribution in [0.5, 0.6) is 0 Å². The van der Waals surface area contributed by atoms with Crippen molar-refractivity contribution in [1.29, 1.82) is 0 Å². The summed E-state index contributed by atoms with van der Waals surface area (Å²) in [5, 5.41) is 0. The summed E-state index contributed by atoms with van der Waals surface area (Å²) in [6.45, 7) is 3.87. The molecule has 0 aliphatic heterocycles. The van der Waals surface area contributed by atoms with E-state index in [9.17, 15) is 4.79 Å². The van der Waals surface area contributed by atoms with E-state index in [1.54, 1.807) is 6.07 Å². The van der Waals surface area contributed by atoms with Gasteiger partial charge < -0.3 is 0 Å². The topological polar surface area (TPSA) is 17.1 Å². The summed E-state index contributed by atoms with van der Waals surface area (Å²) in [7, 11) is 0. The molecule has 1 aromatic rings. The summed E-state index contributed by atoms with van der Waals surface area (Å²) < 4.78 is 1.06.